The van der Waals surface area contributed by atoms with Crippen molar-refractivity contribution in [3.05, 3.63) is 29.8 Å². The van der Waals surface area contributed by atoms with Crippen LogP contribution in [0.15, 0.2) is 24.3 Å². The first-order chi connectivity index (χ1) is 8.51. The van der Waals surface area contributed by atoms with Gasteiger partial charge in [-0.25, -0.2) is 0 Å². The predicted octanol–water partition coefficient (Wildman–Crippen LogP) is 1.22. The lowest BCUT2D eigenvalue weighted by atomic mass is 10.1. The Morgan fingerprint density at radius 3 is 2.61 bits per heavy atom. The summed E-state index contributed by atoms with van der Waals surface area (Å²) >= 11 is 0. The van der Waals surface area contributed by atoms with Gasteiger partial charge in [-0.2, -0.15) is 12.7 Å². The first-order valence-corrected chi connectivity index (χ1v) is 7.38. The number of anilines is 1. The van der Waals surface area contributed by atoms with E-state index in [9.17, 15) is 8.42 Å². The topological polar surface area (TPSA) is 69.6 Å². The van der Waals surface area contributed by atoms with Crippen molar-refractivity contribution in [2.45, 2.75) is 19.8 Å². The third-order valence-corrected chi connectivity index (χ3v) is 4.16. The minimum absolute atomic E-state index is 0.0224. The summed E-state index contributed by atoms with van der Waals surface area (Å²) in [6.07, 6.45) is 1.19. The second kappa shape index (κ2) is 6.72. The summed E-state index contributed by atoms with van der Waals surface area (Å²) in [5.41, 5.74) is 1.56. The van der Waals surface area contributed by atoms with E-state index in [0.29, 0.717) is 18.7 Å². The van der Waals surface area contributed by atoms with E-state index in [-0.39, 0.29) is 6.61 Å². The van der Waals surface area contributed by atoms with Crippen LogP contribution in [0.25, 0.3) is 0 Å². The van der Waals surface area contributed by atoms with Gasteiger partial charge < -0.3 is 5.11 Å². The summed E-state index contributed by atoms with van der Waals surface area (Å²) in [5, 5.41) is 8.71. The summed E-state index contributed by atoms with van der Waals surface area (Å²) in [6, 6.07) is 7.32. The van der Waals surface area contributed by atoms with E-state index in [4.69, 9.17) is 5.11 Å². The molecule has 2 N–H and O–H groups in total. The average molecular weight is 272 g/mol. The molecule has 0 heterocycles. The van der Waals surface area contributed by atoms with Crippen LogP contribution in [0, 0.1) is 0 Å². The second-order valence-corrected chi connectivity index (χ2v) is 5.79. The number of aryl methyl sites for hydroxylation is 1. The Bertz CT molecular complexity index is 474. The standard InChI is InChI=1S/C12H20N2O3S/c1-3-11-7-4-5-8-12(11)13-18(16,17)14(2)9-6-10-15/h4-5,7-8,13,15H,3,6,9-10H2,1-2H3. The molecule has 0 aliphatic rings. The summed E-state index contributed by atoms with van der Waals surface area (Å²) in [5.74, 6) is 0. The highest BCUT2D eigenvalue weighted by Crippen LogP contribution is 2.17. The lowest BCUT2D eigenvalue weighted by Crippen LogP contribution is -2.33. The maximum Gasteiger partial charge on any atom is 0.301 e. The molecule has 0 amide bonds. The van der Waals surface area contributed by atoms with Crippen LogP contribution in [0.3, 0.4) is 0 Å². The Kier molecular flexibility index (Phi) is 5.58. The van der Waals surface area contributed by atoms with Crippen LogP contribution in [-0.4, -0.2) is 38.0 Å². The van der Waals surface area contributed by atoms with Gasteiger partial charge in [0.05, 0.1) is 5.69 Å². The average Bonchev–Trinajstić information content (AvgIpc) is 2.36. The maximum absolute atomic E-state index is 12.0. The fraction of sp³-hybridized carbons (Fsp3) is 0.500. The normalized spacial score (nSPS) is 11.8. The quantitative estimate of drug-likeness (QED) is 0.784. The molecule has 0 aliphatic carbocycles. The van der Waals surface area contributed by atoms with Gasteiger partial charge in [0.25, 0.3) is 0 Å². The van der Waals surface area contributed by atoms with Gasteiger partial charge in [-0.1, -0.05) is 25.1 Å². The van der Waals surface area contributed by atoms with Gasteiger partial charge in [-0.3, -0.25) is 4.72 Å². The van der Waals surface area contributed by atoms with Gasteiger partial charge >= 0.3 is 10.2 Å². The van der Waals surface area contributed by atoms with Crippen molar-refractivity contribution in [2.24, 2.45) is 0 Å². The summed E-state index contributed by atoms with van der Waals surface area (Å²) < 4.78 is 27.8. The fourth-order valence-electron chi connectivity index (χ4n) is 1.56. The van der Waals surface area contributed by atoms with E-state index in [1.165, 1.54) is 11.4 Å². The zero-order chi connectivity index (χ0) is 13.6. The maximum atomic E-state index is 12.0. The number of rotatable bonds is 7. The van der Waals surface area contributed by atoms with E-state index in [2.05, 4.69) is 4.72 Å². The first-order valence-electron chi connectivity index (χ1n) is 5.94. The molecule has 5 nitrogen and oxygen atoms in total. The van der Waals surface area contributed by atoms with Crippen LogP contribution in [0.4, 0.5) is 5.69 Å². The van der Waals surface area contributed by atoms with Crippen LogP contribution >= 0.6 is 0 Å². The zero-order valence-corrected chi connectivity index (χ0v) is 11.6. The number of nitrogens with one attached hydrogen (secondary N) is 1. The molecule has 0 saturated carbocycles. The number of hydrogen-bond acceptors (Lipinski definition) is 3. The van der Waals surface area contributed by atoms with E-state index in [0.717, 1.165) is 12.0 Å². The Balaban J connectivity index is 2.82. The molecule has 0 aliphatic heterocycles. The van der Waals surface area contributed by atoms with E-state index in [1.807, 2.05) is 19.1 Å². The van der Waals surface area contributed by atoms with E-state index < -0.39 is 10.2 Å². The minimum atomic E-state index is -3.55. The molecule has 0 saturated heterocycles. The van der Waals surface area contributed by atoms with Gasteiger partial charge in [-0.05, 0) is 24.5 Å². The molecule has 102 valence electrons. The molecule has 0 radical (unpaired) electrons. The molecule has 0 unspecified atom stereocenters. The molecule has 0 atom stereocenters. The Morgan fingerprint density at radius 1 is 1.33 bits per heavy atom. The first kappa shape index (κ1) is 14.9. The molecule has 1 rings (SSSR count). The molecular formula is C12H20N2O3S. The molecule has 0 bridgehead atoms. The Labute approximate surface area is 109 Å². The van der Waals surface area contributed by atoms with Crippen molar-refractivity contribution in [1.82, 2.24) is 4.31 Å². The van der Waals surface area contributed by atoms with E-state index in [1.54, 1.807) is 12.1 Å². The van der Waals surface area contributed by atoms with Gasteiger partial charge in [0, 0.05) is 20.2 Å². The van der Waals surface area contributed by atoms with Gasteiger partial charge in [-0.15, -0.1) is 0 Å². The third-order valence-electron chi connectivity index (χ3n) is 2.68. The van der Waals surface area contributed by atoms with Gasteiger partial charge in [0.2, 0.25) is 0 Å². The number of para-hydroxylation sites is 1. The van der Waals surface area contributed by atoms with Crippen molar-refractivity contribution in [3.63, 3.8) is 0 Å². The van der Waals surface area contributed by atoms with Crippen LogP contribution in [0.5, 0.6) is 0 Å². The van der Waals surface area contributed by atoms with Gasteiger partial charge in [0.15, 0.2) is 0 Å². The van der Waals surface area contributed by atoms with Gasteiger partial charge in [0.1, 0.15) is 0 Å². The predicted molar refractivity (Wildman–Crippen MR) is 72.7 cm³/mol. The number of nitrogens with zero attached hydrogens (tertiary/aromatic N) is 1. The molecule has 0 fully saturated rings. The summed E-state index contributed by atoms with van der Waals surface area (Å²) in [6.45, 7) is 2.24. The zero-order valence-electron chi connectivity index (χ0n) is 10.8. The highest BCUT2D eigenvalue weighted by atomic mass is 32.2. The van der Waals surface area contributed by atoms with Crippen LogP contribution in [-0.2, 0) is 16.6 Å². The Hall–Kier alpha value is -1.11. The SMILES string of the molecule is CCc1ccccc1NS(=O)(=O)N(C)CCCO. The largest absolute Gasteiger partial charge is 0.396 e. The van der Waals surface area contributed by atoms with Crippen molar-refractivity contribution in [2.75, 3.05) is 24.9 Å². The van der Waals surface area contributed by atoms with Crippen molar-refractivity contribution < 1.29 is 13.5 Å². The fourth-order valence-corrected chi connectivity index (χ4v) is 2.56. The number of benzene rings is 1. The highest BCUT2D eigenvalue weighted by Gasteiger charge is 2.17. The second-order valence-electron chi connectivity index (χ2n) is 4.02. The number of aliphatic hydroxyl groups is 1. The van der Waals surface area contributed by atoms with Crippen LogP contribution in [0.2, 0.25) is 0 Å². The van der Waals surface area contributed by atoms with E-state index >= 15 is 0 Å². The number of aliphatic hydroxyl groups excluding tert-OH is 1. The molecule has 18 heavy (non-hydrogen) atoms. The lowest BCUT2D eigenvalue weighted by Gasteiger charge is -2.19. The monoisotopic (exact) mass is 272 g/mol. The molecular weight excluding hydrogens is 252 g/mol. The minimum Gasteiger partial charge on any atom is -0.396 e. The molecule has 6 heteroatoms. The number of hydrogen-bond donors (Lipinski definition) is 2. The van der Waals surface area contributed by atoms with Crippen molar-refractivity contribution >= 4 is 15.9 Å². The third kappa shape index (κ3) is 3.97. The smallest absolute Gasteiger partial charge is 0.301 e. The summed E-state index contributed by atoms with van der Waals surface area (Å²) in [4.78, 5) is 0. The van der Waals surface area contributed by atoms with Crippen molar-refractivity contribution in [1.29, 1.82) is 0 Å². The lowest BCUT2D eigenvalue weighted by molar-refractivity contribution is 0.276. The van der Waals surface area contributed by atoms with Crippen LogP contribution < -0.4 is 4.72 Å². The Morgan fingerprint density at radius 2 is 2.00 bits per heavy atom. The molecule has 0 spiro atoms. The molecule has 1 aromatic rings. The molecule has 0 aromatic heterocycles. The van der Waals surface area contributed by atoms with Crippen LogP contribution in [0.1, 0.15) is 18.9 Å². The summed E-state index contributed by atoms with van der Waals surface area (Å²) in [7, 11) is -2.05. The molecule has 1 aromatic carbocycles. The highest BCUT2D eigenvalue weighted by molar-refractivity contribution is 7.90. The van der Waals surface area contributed by atoms with Crippen molar-refractivity contribution in [3.8, 4) is 0 Å².